The Balaban J connectivity index is 2.88. The van der Waals surface area contributed by atoms with Gasteiger partial charge in [-0.05, 0) is 17.7 Å². The lowest BCUT2D eigenvalue weighted by Crippen LogP contribution is -2.13. The summed E-state index contributed by atoms with van der Waals surface area (Å²) in [5, 5.41) is 8.56. The number of nitrogens with two attached hydrogens (primary N) is 1. The van der Waals surface area contributed by atoms with Crippen LogP contribution in [-0.2, 0) is 0 Å². The fourth-order valence-corrected chi connectivity index (χ4v) is 0.814. The topological polar surface area (TPSA) is 76.2 Å². The van der Waals surface area contributed by atoms with Crippen molar-refractivity contribution in [2.24, 2.45) is 5.73 Å². The summed E-state index contributed by atoms with van der Waals surface area (Å²) in [7, 11) is 0. The van der Waals surface area contributed by atoms with Crippen molar-refractivity contribution in [3.8, 4) is 0 Å². The van der Waals surface area contributed by atoms with Gasteiger partial charge >= 0.3 is 0 Å². The van der Waals surface area contributed by atoms with Gasteiger partial charge in [-0.2, -0.15) is 0 Å². The molecule has 3 N–H and O–H groups in total. The Morgan fingerprint density at radius 3 is 3.08 bits per heavy atom. The van der Waals surface area contributed by atoms with Crippen LogP contribution in [-0.4, -0.2) is 22.6 Å². The normalized spacial score (nSPS) is 9.75. The Labute approximate surface area is 70.0 Å². The van der Waals surface area contributed by atoms with E-state index in [9.17, 15) is 4.79 Å². The predicted molar refractivity (Wildman–Crippen MR) is 43.2 cm³/mol. The van der Waals surface area contributed by atoms with E-state index in [0.717, 1.165) is 5.56 Å². The predicted octanol–water partition coefficient (Wildman–Crippen LogP) is -0.275. The molecule has 0 aromatic carbocycles. The fourth-order valence-electron chi connectivity index (χ4n) is 0.814. The van der Waals surface area contributed by atoms with E-state index in [1.807, 2.05) is 0 Å². The molecular formula is C8H9N2O2. The first-order valence-corrected chi connectivity index (χ1v) is 3.44. The molecule has 0 aliphatic rings. The van der Waals surface area contributed by atoms with E-state index < -0.39 is 5.91 Å². The number of aromatic nitrogens is 1. The number of aliphatic hydroxyl groups excluding tert-OH is 1. The highest BCUT2D eigenvalue weighted by molar-refractivity contribution is 5.90. The summed E-state index contributed by atoms with van der Waals surface area (Å²) in [6.45, 7) is -0.0672. The molecule has 12 heavy (non-hydrogen) atoms. The minimum Gasteiger partial charge on any atom is -0.396 e. The second kappa shape index (κ2) is 3.82. The zero-order valence-electron chi connectivity index (χ0n) is 6.40. The molecule has 0 unspecified atom stereocenters. The average molecular weight is 165 g/mol. The van der Waals surface area contributed by atoms with Gasteiger partial charge in [0, 0.05) is 12.6 Å². The van der Waals surface area contributed by atoms with Crippen LogP contribution < -0.4 is 5.73 Å². The molecule has 0 atom stereocenters. The minimum atomic E-state index is -0.566. The van der Waals surface area contributed by atoms with Gasteiger partial charge in [0.05, 0.1) is 6.61 Å². The highest BCUT2D eigenvalue weighted by Gasteiger charge is 2.01. The molecule has 1 aromatic rings. The van der Waals surface area contributed by atoms with Crippen molar-refractivity contribution in [2.45, 2.75) is 0 Å². The Bertz CT molecular complexity index is 286. The van der Waals surface area contributed by atoms with Crippen molar-refractivity contribution in [2.75, 3.05) is 6.61 Å². The molecule has 0 fully saturated rings. The van der Waals surface area contributed by atoms with Crippen molar-refractivity contribution in [1.82, 2.24) is 4.98 Å². The maximum absolute atomic E-state index is 10.6. The summed E-state index contributed by atoms with van der Waals surface area (Å²) in [4.78, 5) is 14.4. The second-order valence-corrected chi connectivity index (χ2v) is 2.23. The van der Waals surface area contributed by atoms with Gasteiger partial charge < -0.3 is 10.8 Å². The number of carbonyl (C=O) groups excluding carboxylic acids is 1. The number of hydrogen-bond donors (Lipinski definition) is 2. The van der Waals surface area contributed by atoms with E-state index in [-0.39, 0.29) is 12.3 Å². The summed E-state index contributed by atoms with van der Waals surface area (Å²) in [6, 6.07) is 3.21. The third-order valence-electron chi connectivity index (χ3n) is 1.36. The highest BCUT2D eigenvalue weighted by atomic mass is 16.2. The summed E-state index contributed by atoms with van der Waals surface area (Å²) < 4.78 is 0. The van der Waals surface area contributed by atoms with E-state index in [2.05, 4.69) is 4.98 Å². The van der Waals surface area contributed by atoms with E-state index in [1.54, 1.807) is 12.5 Å². The van der Waals surface area contributed by atoms with Gasteiger partial charge in [-0.15, -0.1) is 0 Å². The molecule has 0 aliphatic heterocycles. The number of primary amides is 1. The highest BCUT2D eigenvalue weighted by Crippen LogP contribution is 2.02. The number of amides is 1. The van der Waals surface area contributed by atoms with Gasteiger partial charge in [0.25, 0.3) is 5.91 Å². The molecule has 4 nitrogen and oxygen atoms in total. The zero-order chi connectivity index (χ0) is 8.97. The van der Waals surface area contributed by atoms with E-state index >= 15 is 0 Å². The van der Waals surface area contributed by atoms with Gasteiger partial charge in [-0.25, -0.2) is 0 Å². The van der Waals surface area contributed by atoms with Crippen molar-refractivity contribution in [1.29, 1.82) is 0 Å². The number of aliphatic hydroxyl groups is 1. The Morgan fingerprint density at radius 2 is 2.50 bits per heavy atom. The average Bonchev–Trinajstić information content (AvgIpc) is 2.05. The van der Waals surface area contributed by atoms with Crippen LogP contribution in [0.1, 0.15) is 16.1 Å². The van der Waals surface area contributed by atoms with Crippen LogP contribution in [0.2, 0.25) is 0 Å². The Hall–Kier alpha value is -1.42. The van der Waals surface area contributed by atoms with Crippen molar-refractivity contribution < 1.29 is 9.90 Å². The van der Waals surface area contributed by atoms with Crippen LogP contribution in [0.15, 0.2) is 18.3 Å². The molecule has 0 bridgehead atoms. The lowest BCUT2D eigenvalue weighted by Gasteiger charge is -1.98. The van der Waals surface area contributed by atoms with E-state index in [1.165, 1.54) is 12.3 Å². The van der Waals surface area contributed by atoms with Gasteiger partial charge in [0.2, 0.25) is 0 Å². The molecule has 4 heteroatoms. The summed E-state index contributed by atoms with van der Waals surface area (Å²) >= 11 is 0. The molecule has 1 aromatic heterocycles. The molecule has 1 rings (SSSR count). The maximum atomic E-state index is 10.6. The lowest BCUT2D eigenvalue weighted by atomic mass is 10.2. The number of nitrogens with zero attached hydrogens (tertiary/aromatic N) is 1. The molecule has 1 amide bonds. The second-order valence-electron chi connectivity index (χ2n) is 2.23. The third-order valence-corrected chi connectivity index (χ3v) is 1.36. The summed E-state index contributed by atoms with van der Waals surface area (Å²) in [5.74, 6) is -0.566. The Kier molecular flexibility index (Phi) is 2.76. The van der Waals surface area contributed by atoms with Crippen molar-refractivity contribution >= 4 is 5.91 Å². The summed E-state index contributed by atoms with van der Waals surface area (Å²) in [6.07, 6.45) is 3.04. The molecular weight excluding hydrogens is 156 g/mol. The quantitative estimate of drug-likeness (QED) is 0.647. The molecule has 1 heterocycles. The maximum Gasteiger partial charge on any atom is 0.267 e. The van der Waals surface area contributed by atoms with Gasteiger partial charge in [0.1, 0.15) is 5.69 Å². The van der Waals surface area contributed by atoms with Crippen LogP contribution in [0, 0.1) is 6.42 Å². The van der Waals surface area contributed by atoms with Gasteiger partial charge in [-0.1, -0.05) is 0 Å². The van der Waals surface area contributed by atoms with Gasteiger partial charge in [0.15, 0.2) is 0 Å². The third kappa shape index (κ3) is 2.03. The number of hydrogen-bond acceptors (Lipinski definition) is 3. The molecule has 0 aliphatic carbocycles. The largest absolute Gasteiger partial charge is 0.396 e. The van der Waals surface area contributed by atoms with Crippen molar-refractivity contribution in [3.63, 3.8) is 0 Å². The van der Waals surface area contributed by atoms with Crippen LogP contribution in [0.25, 0.3) is 0 Å². The molecule has 0 saturated heterocycles. The van der Waals surface area contributed by atoms with Crippen molar-refractivity contribution in [3.05, 3.63) is 36.0 Å². The Morgan fingerprint density at radius 1 is 1.75 bits per heavy atom. The molecule has 1 radical (unpaired) electrons. The lowest BCUT2D eigenvalue weighted by molar-refractivity contribution is 0.0995. The first kappa shape index (κ1) is 8.67. The molecule has 63 valence electrons. The number of rotatable bonds is 3. The van der Waals surface area contributed by atoms with Gasteiger partial charge in [-0.3, -0.25) is 9.78 Å². The van der Waals surface area contributed by atoms with E-state index in [4.69, 9.17) is 10.8 Å². The number of pyridine rings is 1. The van der Waals surface area contributed by atoms with Crippen LogP contribution in [0.3, 0.4) is 0 Å². The zero-order valence-corrected chi connectivity index (χ0v) is 6.40. The standard InChI is InChI=1S/C8H9N2O2/c9-8(12)7-5-6(2-4-11)1-3-10-7/h1-3,5,11H,4H2,(H2,9,12). The van der Waals surface area contributed by atoms with Crippen LogP contribution in [0.5, 0.6) is 0 Å². The molecule has 0 saturated carbocycles. The number of carbonyl (C=O) groups is 1. The first-order chi connectivity index (χ1) is 5.74. The van der Waals surface area contributed by atoms with Crippen LogP contribution >= 0.6 is 0 Å². The summed E-state index contributed by atoms with van der Waals surface area (Å²) in [5.41, 5.74) is 5.94. The SMILES string of the molecule is NC(=O)c1cc([CH]CO)ccn1. The fraction of sp³-hybridized carbons (Fsp3) is 0.125. The first-order valence-electron chi connectivity index (χ1n) is 3.44. The van der Waals surface area contributed by atoms with Crippen LogP contribution in [0.4, 0.5) is 0 Å². The monoisotopic (exact) mass is 165 g/mol. The smallest absolute Gasteiger partial charge is 0.267 e. The minimum absolute atomic E-state index is 0.0672. The molecule has 0 spiro atoms. The van der Waals surface area contributed by atoms with E-state index in [0.29, 0.717) is 0 Å².